The second kappa shape index (κ2) is 6.79. The van der Waals surface area contributed by atoms with Gasteiger partial charge in [-0.1, -0.05) is 42.5 Å². The Morgan fingerprint density at radius 1 is 0.909 bits per heavy atom. The largest absolute Gasteiger partial charge is 0.334 e. The average Bonchev–Trinajstić information content (AvgIpc) is 2.55. The maximum Gasteiger partial charge on any atom is 0.319 e. The van der Waals surface area contributed by atoms with E-state index in [9.17, 15) is 4.79 Å². The lowest BCUT2D eigenvalue weighted by Gasteiger charge is -2.10. The minimum Gasteiger partial charge on any atom is -0.334 e. The third-order valence-electron chi connectivity index (χ3n) is 3.42. The molecule has 3 nitrogen and oxygen atoms in total. The van der Waals surface area contributed by atoms with Crippen LogP contribution < -0.4 is 10.6 Å². The second-order valence-electron chi connectivity index (χ2n) is 4.95. The standard InChI is InChI=1S/C18H15IN2O/c19-15-8-10-16(11-9-15)21-18(22)20-12-14-6-3-5-13-4-1-2-7-17(13)14/h1-11H,12H2,(H2,20,21,22). The quantitative estimate of drug-likeness (QED) is 0.610. The third kappa shape index (κ3) is 3.57. The molecular formula is C18H15IN2O. The van der Waals surface area contributed by atoms with Crippen LogP contribution in [0.2, 0.25) is 0 Å². The number of carbonyl (C=O) groups excluding carboxylic acids is 1. The average molecular weight is 402 g/mol. The molecule has 3 rings (SSSR count). The molecule has 4 heteroatoms. The fourth-order valence-corrected chi connectivity index (χ4v) is 2.69. The monoisotopic (exact) mass is 402 g/mol. The molecule has 0 saturated carbocycles. The number of hydrogen-bond acceptors (Lipinski definition) is 1. The van der Waals surface area contributed by atoms with E-state index in [1.807, 2.05) is 48.5 Å². The Kier molecular flexibility index (Phi) is 4.58. The molecule has 0 aromatic heterocycles. The zero-order chi connectivity index (χ0) is 15.4. The van der Waals surface area contributed by atoms with E-state index >= 15 is 0 Å². The Balaban J connectivity index is 1.66. The first kappa shape index (κ1) is 14.8. The molecule has 0 fully saturated rings. The number of urea groups is 1. The van der Waals surface area contributed by atoms with Gasteiger partial charge < -0.3 is 10.6 Å². The van der Waals surface area contributed by atoms with Crippen molar-refractivity contribution < 1.29 is 4.79 Å². The number of benzene rings is 3. The lowest BCUT2D eigenvalue weighted by atomic mass is 10.0. The molecule has 22 heavy (non-hydrogen) atoms. The number of nitrogens with one attached hydrogen (secondary N) is 2. The van der Waals surface area contributed by atoms with E-state index in [4.69, 9.17) is 0 Å². The maximum absolute atomic E-state index is 12.0. The minimum atomic E-state index is -0.200. The number of rotatable bonds is 3. The maximum atomic E-state index is 12.0. The summed E-state index contributed by atoms with van der Waals surface area (Å²) in [4.78, 5) is 12.0. The van der Waals surface area contributed by atoms with Gasteiger partial charge in [0.1, 0.15) is 0 Å². The summed E-state index contributed by atoms with van der Waals surface area (Å²) in [6, 6.07) is 21.8. The van der Waals surface area contributed by atoms with Gasteiger partial charge in [-0.2, -0.15) is 0 Å². The van der Waals surface area contributed by atoms with Crippen LogP contribution in [0.5, 0.6) is 0 Å². The number of halogens is 1. The topological polar surface area (TPSA) is 41.1 Å². The van der Waals surface area contributed by atoms with E-state index in [-0.39, 0.29) is 6.03 Å². The molecule has 0 radical (unpaired) electrons. The normalized spacial score (nSPS) is 10.4. The van der Waals surface area contributed by atoms with Gasteiger partial charge in [0.25, 0.3) is 0 Å². The second-order valence-corrected chi connectivity index (χ2v) is 6.20. The molecule has 0 bridgehead atoms. The molecule has 0 aliphatic rings. The Labute approximate surface area is 142 Å². The fourth-order valence-electron chi connectivity index (χ4n) is 2.33. The van der Waals surface area contributed by atoms with E-state index in [0.29, 0.717) is 6.54 Å². The summed E-state index contributed by atoms with van der Waals surface area (Å²) in [5, 5.41) is 8.08. The van der Waals surface area contributed by atoms with Gasteiger partial charge in [-0.05, 0) is 63.2 Å². The Morgan fingerprint density at radius 2 is 1.64 bits per heavy atom. The van der Waals surface area contributed by atoms with Crippen molar-refractivity contribution in [2.75, 3.05) is 5.32 Å². The number of hydrogen-bond donors (Lipinski definition) is 2. The lowest BCUT2D eigenvalue weighted by Crippen LogP contribution is -2.28. The molecule has 3 aromatic rings. The number of anilines is 1. The van der Waals surface area contributed by atoms with Gasteiger partial charge in [0.15, 0.2) is 0 Å². The smallest absolute Gasteiger partial charge is 0.319 e. The Bertz CT molecular complexity index is 794. The van der Waals surface area contributed by atoms with Crippen molar-refractivity contribution >= 4 is 45.1 Å². The van der Waals surface area contributed by atoms with Crippen LogP contribution in [0.25, 0.3) is 10.8 Å². The summed E-state index contributed by atoms with van der Waals surface area (Å²) < 4.78 is 1.14. The first-order valence-electron chi connectivity index (χ1n) is 6.99. The predicted molar refractivity (Wildman–Crippen MR) is 99.0 cm³/mol. The van der Waals surface area contributed by atoms with Crippen LogP contribution in [0.1, 0.15) is 5.56 Å². The molecule has 0 atom stereocenters. The van der Waals surface area contributed by atoms with Gasteiger partial charge in [-0.15, -0.1) is 0 Å². The molecule has 2 N–H and O–H groups in total. The third-order valence-corrected chi connectivity index (χ3v) is 4.14. The van der Waals surface area contributed by atoms with Gasteiger partial charge in [-0.3, -0.25) is 0 Å². The molecule has 0 aliphatic heterocycles. The van der Waals surface area contributed by atoms with Crippen molar-refractivity contribution in [3.63, 3.8) is 0 Å². The summed E-state index contributed by atoms with van der Waals surface area (Å²) in [5.41, 5.74) is 1.90. The van der Waals surface area contributed by atoms with Gasteiger partial charge in [0.05, 0.1) is 0 Å². The molecule has 110 valence electrons. The summed E-state index contributed by atoms with van der Waals surface area (Å²) in [6.07, 6.45) is 0. The van der Waals surface area contributed by atoms with Crippen LogP contribution in [0.3, 0.4) is 0 Å². The van der Waals surface area contributed by atoms with Gasteiger partial charge in [0.2, 0.25) is 0 Å². The summed E-state index contributed by atoms with van der Waals surface area (Å²) >= 11 is 2.23. The van der Waals surface area contributed by atoms with Crippen LogP contribution in [0.15, 0.2) is 66.7 Å². The predicted octanol–water partition coefficient (Wildman–Crippen LogP) is 4.77. The van der Waals surface area contributed by atoms with Crippen molar-refractivity contribution in [3.05, 3.63) is 75.9 Å². The molecular weight excluding hydrogens is 387 g/mol. The van der Waals surface area contributed by atoms with Gasteiger partial charge in [0, 0.05) is 15.8 Å². The van der Waals surface area contributed by atoms with Crippen LogP contribution >= 0.6 is 22.6 Å². The van der Waals surface area contributed by atoms with Gasteiger partial charge in [-0.25, -0.2) is 4.79 Å². The first-order chi connectivity index (χ1) is 10.7. The van der Waals surface area contributed by atoms with Crippen molar-refractivity contribution in [2.45, 2.75) is 6.54 Å². The van der Waals surface area contributed by atoms with Crippen molar-refractivity contribution in [2.24, 2.45) is 0 Å². The minimum absolute atomic E-state index is 0.200. The summed E-state index contributed by atoms with van der Waals surface area (Å²) in [7, 11) is 0. The SMILES string of the molecule is O=C(NCc1cccc2ccccc12)Nc1ccc(I)cc1. The highest BCUT2D eigenvalue weighted by molar-refractivity contribution is 14.1. The Morgan fingerprint density at radius 3 is 2.45 bits per heavy atom. The fraction of sp³-hybridized carbons (Fsp3) is 0.0556. The number of amides is 2. The van der Waals surface area contributed by atoms with Crippen LogP contribution in [0, 0.1) is 3.57 Å². The van der Waals surface area contributed by atoms with Crippen LogP contribution in [-0.2, 0) is 6.54 Å². The molecule has 0 heterocycles. The van der Waals surface area contributed by atoms with E-state index in [1.165, 1.54) is 10.8 Å². The van der Waals surface area contributed by atoms with Crippen LogP contribution in [-0.4, -0.2) is 6.03 Å². The highest BCUT2D eigenvalue weighted by Gasteiger charge is 2.04. The highest BCUT2D eigenvalue weighted by atomic mass is 127. The van der Waals surface area contributed by atoms with E-state index in [1.54, 1.807) is 0 Å². The molecule has 0 spiro atoms. The number of carbonyl (C=O) groups is 1. The van der Waals surface area contributed by atoms with Gasteiger partial charge >= 0.3 is 6.03 Å². The van der Waals surface area contributed by atoms with Crippen molar-refractivity contribution in [1.29, 1.82) is 0 Å². The zero-order valence-corrected chi connectivity index (χ0v) is 14.0. The molecule has 0 saturated heterocycles. The number of fused-ring (bicyclic) bond motifs is 1. The molecule has 2 amide bonds. The highest BCUT2D eigenvalue weighted by Crippen LogP contribution is 2.18. The lowest BCUT2D eigenvalue weighted by molar-refractivity contribution is 0.252. The Hall–Kier alpha value is -2.08. The summed E-state index contributed by atoms with van der Waals surface area (Å²) in [5.74, 6) is 0. The van der Waals surface area contributed by atoms with E-state index in [2.05, 4.69) is 51.4 Å². The van der Waals surface area contributed by atoms with E-state index in [0.717, 1.165) is 14.8 Å². The molecule has 0 aliphatic carbocycles. The van der Waals surface area contributed by atoms with Crippen LogP contribution in [0.4, 0.5) is 10.5 Å². The van der Waals surface area contributed by atoms with E-state index < -0.39 is 0 Å². The first-order valence-corrected chi connectivity index (χ1v) is 8.07. The van der Waals surface area contributed by atoms with Crippen molar-refractivity contribution in [3.8, 4) is 0 Å². The zero-order valence-electron chi connectivity index (χ0n) is 11.8. The van der Waals surface area contributed by atoms with Crippen molar-refractivity contribution in [1.82, 2.24) is 5.32 Å². The molecule has 3 aromatic carbocycles. The summed E-state index contributed by atoms with van der Waals surface area (Å²) in [6.45, 7) is 0.498. The molecule has 0 unspecified atom stereocenters.